The minimum absolute atomic E-state index is 0.215. The lowest BCUT2D eigenvalue weighted by molar-refractivity contribution is 0.0696. The van der Waals surface area contributed by atoms with E-state index >= 15 is 0 Å². The maximum atomic E-state index is 11.3. The quantitative estimate of drug-likeness (QED) is 0.813. The largest absolute Gasteiger partial charge is 0.478 e. The number of pyridine rings is 1. The van der Waals surface area contributed by atoms with Crippen molar-refractivity contribution in [2.45, 2.75) is 46.6 Å². The van der Waals surface area contributed by atoms with Crippen LogP contribution in [0.3, 0.4) is 0 Å². The van der Waals surface area contributed by atoms with Crippen LogP contribution in [0.4, 0.5) is 5.82 Å². The number of hydrogen-bond acceptors (Lipinski definition) is 3. The molecule has 1 atom stereocenters. The molecule has 0 bridgehead atoms. The summed E-state index contributed by atoms with van der Waals surface area (Å²) in [6, 6.07) is 1.93. The molecule has 1 rings (SSSR count). The number of aryl methyl sites for hydroxylation is 1. The van der Waals surface area contributed by atoms with Gasteiger partial charge in [0.1, 0.15) is 11.4 Å². The fourth-order valence-electron chi connectivity index (χ4n) is 2.27. The number of nitrogens with zero attached hydrogens (tertiary/aromatic N) is 1. The lowest BCUT2D eigenvalue weighted by Crippen LogP contribution is -2.26. The minimum Gasteiger partial charge on any atom is -0.478 e. The molecule has 4 nitrogen and oxygen atoms in total. The van der Waals surface area contributed by atoms with Gasteiger partial charge in [-0.2, -0.15) is 0 Å². The second kappa shape index (κ2) is 6.38. The average Bonchev–Trinajstić information content (AvgIpc) is 2.30. The second-order valence-electron chi connectivity index (χ2n) is 4.67. The number of hydrogen-bond donors (Lipinski definition) is 2. The lowest BCUT2D eigenvalue weighted by atomic mass is 9.95. The highest BCUT2D eigenvalue weighted by molar-refractivity contribution is 5.94. The Morgan fingerprint density at radius 3 is 2.56 bits per heavy atom. The van der Waals surface area contributed by atoms with Gasteiger partial charge in [0.25, 0.3) is 0 Å². The Bertz CT molecular complexity index is 414. The molecule has 0 aliphatic rings. The maximum absolute atomic E-state index is 11.3. The third-order valence-electron chi connectivity index (χ3n) is 3.49. The van der Waals surface area contributed by atoms with Crippen LogP contribution in [0.5, 0.6) is 0 Å². The van der Waals surface area contributed by atoms with Crippen LogP contribution in [0.1, 0.15) is 49.5 Å². The van der Waals surface area contributed by atoms with E-state index in [2.05, 4.69) is 31.1 Å². The predicted octanol–water partition coefficient (Wildman–Crippen LogP) is 3.32. The van der Waals surface area contributed by atoms with E-state index in [0.717, 1.165) is 18.4 Å². The molecule has 1 aromatic heterocycles. The molecule has 4 heteroatoms. The Balaban J connectivity index is 2.97. The first-order valence-electron chi connectivity index (χ1n) is 6.46. The van der Waals surface area contributed by atoms with E-state index in [1.54, 1.807) is 19.2 Å². The Hall–Kier alpha value is -1.58. The number of rotatable bonds is 6. The molecule has 0 saturated carbocycles. The molecule has 0 fully saturated rings. The van der Waals surface area contributed by atoms with E-state index in [4.69, 9.17) is 0 Å². The van der Waals surface area contributed by atoms with Gasteiger partial charge in [-0.1, -0.05) is 26.7 Å². The number of anilines is 1. The summed E-state index contributed by atoms with van der Waals surface area (Å²) in [5.41, 5.74) is 1.01. The van der Waals surface area contributed by atoms with E-state index in [0.29, 0.717) is 11.7 Å². The van der Waals surface area contributed by atoms with Crippen molar-refractivity contribution in [3.05, 3.63) is 23.4 Å². The monoisotopic (exact) mass is 250 g/mol. The molecule has 0 amide bonds. The van der Waals surface area contributed by atoms with Crippen LogP contribution < -0.4 is 5.32 Å². The Morgan fingerprint density at radius 2 is 2.06 bits per heavy atom. The molecule has 0 spiro atoms. The highest BCUT2D eigenvalue weighted by atomic mass is 16.4. The second-order valence-corrected chi connectivity index (χ2v) is 4.67. The van der Waals surface area contributed by atoms with Gasteiger partial charge in [-0.3, -0.25) is 0 Å². The summed E-state index contributed by atoms with van der Waals surface area (Å²) >= 11 is 0. The predicted molar refractivity (Wildman–Crippen MR) is 73.1 cm³/mol. The smallest absolute Gasteiger partial charge is 0.339 e. The summed E-state index contributed by atoms with van der Waals surface area (Å²) < 4.78 is 0. The van der Waals surface area contributed by atoms with Gasteiger partial charge in [-0.05, 0) is 31.4 Å². The average molecular weight is 250 g/mol. The number of nitrogens with one attached hydrogen (secondary N) is 1. The lowest BCUT2D eigenvalue weighted by Gasteiger charge is -2.24. The number of carboxylic acid groups (broad SMARTS) is 1. The molecule has 0 aliphatic carbocycles. The van der Waals surface area contributed by atoms with Gasteiger partial charge in [-0.15, -0.1) is 0 Å². The van der Waals surface area contributed by atoms with Crippen molar-refractivity contribution in [2.24, 2.45) is 5.92 Å². The zero-order chi connectivity index (χ0) is 13.7. The summed E-state index contributed by atoms with van der Waals surface area (Å²) in [6.45, 7) is 8.16. The van der Waals surface area contributed by atoms with Gasteiger partial charge in [0, 0.05) is 12.2 Å². The number of aromatic nitrogens is 1. The summed E-state index contributed by atoms with van der Waals surface area (Å²) in [4.78, 5) is 15.4. The van der Waals surface area contributed by atoms with Crippen molar-refractivity contribution >= 4 is 11.8 Å². The number of carboxylic acids is 1. The van der Waals surface area contributed by atoms with Crippen LogP contribution >= 0.6 is 0 Å². The molecule has 1 heterocycles. The summed E-state index contributed by atoms with van der Waals surface area (Å²) in [5.74, 6) is 0.0655. The maximum Gasteiger partial charge on any atom is 0.339 e. The first-order valence-corrected chi connectivity index (χ1v) is 6.46. The molecule has 18 heavy (non-hydrogen) atoms. The molecule has 1 aromatic rings. The van der Waals surface area contributed by atoms with Crippen molar-refractivity contribution in [3.63, 3.8) is 0 Å². The van der Waals surface area contributed by atoms with Crippen molar-refractivity contribution in [1.29, 1.82) is 0 Å². The van der Waals surface area contributed by atoms with E-state index < -0.39 is 5.97 Å². The number of carbonyl (C=O) groups is 1. The Morgan fingerprint density at radius 1 is 1.44 bits per heavy atom. The van der Waals surface area contributed by atoms with Crippen molar-refractivity contribution < 1.29 is 9.90 Å². The normalized spacial score (nSPS) is 12.5. The summed E-state index contributed by atoms with van der Waals surface area (Å²) in [5, 5.41) is 12.5. The van der Waals surface area contributed by atoms with Crippen LogP contribution in [0.15, 0.2) is 12.3 Å². The van der Waals surface area contributed by atoms with Crippen molar-refractivity contribution in [3.8, 4) is 0 Å². The van der Waals surface area contributed by atoms with E-state index in [9.17, 15) is 9.90 Å². The summed E-state index contributed by atoms with van der Waals surface area (Å²) in [6.07, 6.45) is 3.78. The highest BCUT2D eigenvalue weighted by Gasteiger charge is 2.19. The topological polar surface area (TPSA) is 62.2 Å². The standard InChI is InChI=1S/C14H22N2O2/c1-5-11(6-2)10(4)16-13-12(14(17)18)9(3)7-8-15-13/h7-8,10-11H,5-6H2,1-4H3,(H,15,16)(H,17,18). The molecular weight excluding hydrogens is 228 g/mol. The first kappa shape index (κ1) is 14.5. The minimum atomic E-state index is -0.931. The van der Waals surface area contributed by atoms with Crippen molar-refractivity contribution in [1.82, 2.24) is 4.98 Å². The van der Waals surface area contributed by atoms with Gasteiger partial charge in [-0.25, -0.2) is 9.78 Å². The molecule has 0 aromatic carbocycles. The fraction of sp³-hybridized carbons (Fsp3) is 0.571. The molecule has 0 aliphatic heterocycles. The van der Waals surface area contributed by atoms with Crippen LogP contribution in [-0.4, -0.2) is 22.1 Å². The number of aromatic carboxylic acids is 1. The molecule has 100 valence electrons. The van der Waals surface area contributed by atoms with Gasteiger partial charge in [0.05, 0.1) is 0 Å². The van der Waals surface area contributed by atoms with Crippen LogP contribution in [0.25, 0.3) is 0 Å². The molecule has 0 saturated heterocycles. The SMILES string of the molecule is CCC(CC)C(C)Nc1nccc(C)c1C(=O)O. The Kier molecular flexibility index (Phi) is 5.13. The van der Waals surface area contributed by atoms with E-state index in [1.165, 1.54) is 0 Å². The van der Waals surface area contributed by atoms with Crippen molar-refractivity contribution in [2.75, 3.05) is 5.32 Å². The molecule has 2 N–H and O–H groups in total. The van der Waals surface area contributed by atoms with E-state index in [1.807, 2.05) is 0 Å². The molecule has 0 radical (unpaired) electrons. The molecular formula is C14H22N2O2. The zero-order valence-corrected chi connectivity index (χ0v) is 11.5. The third-order valence-corrected chi connectivity index (χ3v) is 3.49. The van der Waals surface area contributed by atoms with Gasteiger partial charge < -0.3 is 10.4 Å². The van der Waals surface area contributed by atoms with Crippen LogP contribution in [0, 0.1) is 12.8 Å². The fourth-order valence-corrected chi connectivity index (χ4v) is 2.27. The van der Waals surface area contributed by atoms with Gasteiger partial charge in [0.15, 0.2) is 0 Å². The Labute approximate surface area is 108 Å². The third kappa shape index (κ3) is 3.22. The van der Waals surface area contributed by atoms with E-state index in [-0.39, 0.29) is 11.6 Å². The zero-order valence-electron chi connectivity index (χ0n) is 11.5. The molecule has 1 unspecified atom stereocenters. The van der Waals surface area contributed by atoms with Crippen LogP contribution in [-0.2, 0) is 0 Å². The van der Waals surface area contributed by atoms with Crippen LogP contribution in [0.2, 0.25) is 0 Å². The van der Waals surface area contributed by atoms with Gasteiger partial charge >= 0.3 is 5.97 Å². The summed E-state index contributed by atoms with van der Waals surface area (Å²) in [7, 11) is 0. The first-order chi connectivity index (χ1) is 8.51. The highest BCUT2D eigenvalue weighted by Crippen LogP contribution is 2.21. The van der Waals surface area contributed by atoms with Gasteiger partial charge in [0.2, 0.25) is 0 Å².